The van der Waals surface area contributed by atoms with Crippen molar-refractivity contribution in [2.24, 2.45) is 5.92 Å². The van der Waals surface area contributed by atoms with Crippen molar-refractivity contribution in [3.63, 3.8) is 0 Å². The Bertz CT molecular complexity index is 1240. The molecule has 0 N–H and O–H groups in total. The Balaban J connectivity index is 1.38. The van der Waals surface area contributed by atoms with Gasteiger partial charge in [-0.2, -0.15) is 4.98 Å². The van der Waals surface area contributed by atoms with Crippen molar-refractivity contribution >= 4 is 52.1 Å². The Hall–Kier alpha value is -2.83. The molecule has 0 aromatic carbocycles. The molecule has 5 rings (SSSR count). The van der Waals surface area contributed by atoms with Crippen LogP contribution in [0.2, 0.25) is 4.34 Å². The summed E-state index contributed by atoms with van der Waals surface area (Å²) in [5.74, 6) is -1.26. The molecule has 3 aromatic rings. The Morgan fingerprint density at radius 1 is 1.23 bits per heavy atom. The average molecular weight is 535 g/mol. The van der Waals surface area contributed by atoms with Crippen LogP contribution in [0.15, 0.2) is 23.0 Å². The highest BCUT2D eigenvalue weighted by atomic mass is 35.5. The number of aromatic nitrogens is 4. The second kappa shape index (κ2) is 10.0. The number of thiophene rings is 1. The van der Waals surface area contributed by atoms with Crippen molar-refractivity contribution in [1.82, 2.24) is 29.5 Å². The van der Waals surface area contributed by atoms with Gasteiger partial charge in [-0.05, 0) is 31.4 Å². The van der Waals surface area contributed by atoms with Crippen LogP contribution in [0.1, 0.15) is 53.3 Å². The largest absolute Gasteiger partial charge is 0.458 e. The predicted octanol–water partition coefficient (Wildman–Crippen LogP) is 3.88. The number of halogens is 1. The monoisotopic (exact) mass is 534 g/mol. The van der Waals surface area contributed by atoms with Gasteiger partial charge in [0.25, 0.3) is 0 Å². The van der Waals surface area contributed by atoms with E-state index in [1.807, 2.05) is 6.07 Å². The molecule has 0 aliphatic carbocycles. The van der Waals surface area contributed by atoms with Gasteiger partial charge < -0.3 is 9.64 Å². The first-order chi connectivity index (χ1) is 16.9. The molecule has 2 fully saturated rings. The van der Waals surface area contributed by atoms with E-state index in [2.05, 4.69) is 15.1 Å². The number of ether oxygens (including phenoxy) is 1. The molecule has 0 spiro atoms. The summed E-state index contributed by atoms with van der Waals surface area (Å²) in [6.07, 6.45) is 2.42. The number of rotatable bonds is 5. The fourth-order valence-electron chi connectivity index (χ4n) is 4.36. The predicted molar refractivity (Wildman–Crippen MR) is 130 cm³/mol. The van der Waals surface area contributed by atoms with E-state index in [1.165, 1.54) is 27.6 Å². The summed E-state index contributed by atoms with van der Waals surface area (Å²) in [5.41, 5.74) is 1.79. The second-order valence-electron chi connectivity index (χ2n) is 8.49. The number of thiazole rings is 1. The molecule has 2 aliphatic heterocycles. The third kappa shape index (κ3) is 4.82. The average Bonchev–Trinajstić information content (AvgIpc) is 3.66. The van der Waals surface area contributed by atoms with Crippen LogP contribution in [0, 0.1) is 5.92 Å². The molecule has 35 heavy (non-hydrogen) atoms. The maximum atomic E-state index is 13.1. The van der Waals surface area contributed by atoms with Gasteiger partial charge in [-0.1, -0.05) is 18.5 Å². The first kappa shape index (κ1) is 23.9. The highest BCUT2D eigenvalue weighted by Gasteiger charge is 2.41. The quantitative estimate of drug-likeness (QED) is 0.488. The SMILES string of the molecule is CC1C(=O)N(C(=O)N2CCCC2)CCC1c1nc(OCc2ccc(Cl)s2)n(C(=O)c2cscn2)n1. The minimum atomic E-state index is -0.524. The highest BCUT2D eigenvalue weighted by molar-refractivity contribution is 7.16. The third-order valence-electron chi connectivity index (χ3n) is 6.27. The van der Waals surface area contributed by atoms with Gasteiger partial charge in [0.15, 0.2) is 5.82 Å². The smallest absolute Gasteiger partial charge is 0.326 e. The molecular weight excluding hydrogens is 512 g/mol. The number of amides is 3. The Morgan fingerprint density at radius 2 is 2.03 bits per heavy atom. The molecule has 3 amide bonds. The van der Waals surface area contributed by atoms with E-state index in [4.69, 9.17) is 16.3 Å². The zero-order chi connectivity index (χ0) is 24.5. The summed E-state index contributed by atoms with van der Waals surface area (Å²) in [4.78, 5) is 51.5. The van der Waals surface area contributed by atoms with E-state index in [0.717, 1.165) is 22.4 Å². The van der Waals surface area contributed by atoms with Crippen LogP contribution in [0.4, 0.5) is 4.79 Å². The maximum absolute atomic E-state index is 13.1. The first-order valence-electron chi connectivity index (χ1n) is 11.3. The van der Waals surface area contributed by atoms with Crippen LogP contribution in [0.5, 0.6) is 6.01 Å². The van der Waals surface area contributed by atoms with Crippen LogP contribution in [0.25, 0.3) is 0 Å². The number of hydrogen-bond acceptors (Lipinski definition) is 9. The van der Waals surface area contributed by atoms with Gasteiger partial charge in [0, 0.05) is 41.7 Å². The molecule has 2 saturated heterocycles. The number of nitrogens with zero attached hydrogens (tertiary/aromatic N) is 6. The summed E-state index contributed by atoms with van der Waals surface area (Å²) < 4.78 is 7.58. The molecular formula is C22H23ClN6O4S2. The zero-order valence-electron chi connectivity index (χ0n) is 18.9. The molecule has 13 heteroatoms. The first-order valence-corrected chi connectivity index (χ1v) is 13.4. The van der Waals surface area contributed by atoms with Gasteiger partial charge in [-0.25, -0.2) is 9.78 Å². The van der Waals surface area contributed by atoms with Crippen molar-refractivity contribution in [2.45, 2.75) is 38.7 Å². The second-order valence-corrected chi connectivity index (χ2v) is 11.0. The highest BCUT2D eigenvalue weighted by Crippen LogP contribution is 2.34. The summed E-state index contributed by atoms with van der Waals surface area (Å²) in [6, 6.07) is 3.41. The van der Waals surface area contributed by atoms with Crippen LogP contribution < -0.4 is 4.74 Å². The number of hydrogen-bond donors (Lipinski definition) is 0. The lowest BCUT2D eigenvalue weighted by atomic mass is 9.85. The summed E-state index contributed by atoms with van der Waals surface area (Å²) in [5, 5.41) is 6.07. The molecule has 2 atom stereocenters. The van der Waals surface area contributed by atoms with E-state index in [-0.39, 0.29) is 42.7 Å². The zero-order valence-corrected chi connectivity index (χ0v) is 21.3. The third-order valence-corrected chi connectivity index (χ3v) is 8.06. The van der Waals surface area contributed by atoms with Gasteiger partial charge in [-0.3, -0.25) is 14.5 Å². The molecule has 2 aliphatic rings. The topological polar surface area (TPSA) is 111 Å². The summed E-state index contributed by atoms with van der Waals surface area (Å²) >= 11 is 8.67. The summed E-state index contributed by atoms with van der Waals surface area (Å²) in [7, 11) is 0. The van der Waals surface area contributed by atoms with Crippen molar-refractivity contribution in [3.8, 4) is 6.01 Å². The molecule has 3 aromatic heterocycles. The minimum Gasteiger partial charge on any atom is -0.458 e. The van der Waals surface area contributed by atoms with E-state index in [1.54, 1.807) is 28.8 Å². The fourth-order valence-corrected chi connectivity index (χ4v) is 5.88. The van der Waals surface area contributed by atoms with Gasteiger partial charge in [-0.15, -0.1) is 32.5 Å². The fraction of sp³-hybridized carbons (Fsp3) is 0.455. The van der Waals surface area contributed by atoms with Crippen LogP contribution in [-0.4, -0.2) is 67.0 Å². The molecule has 5 heterocycles. The molecule has 10 nitrogen and oxygen atoms in total. The van der Waals surface area contributed by atoms with Crippen LogP contribution in [-0.2, 0) is 11.4 Å². The lowest BCUT2D eigenvalue weighted by Gasteiger charge is -2.35. The normalized spacial score (nSPS) is 20.5. The number of carbonyl (C=O) groups excluding carboxylic acids is 3. The lowest BCUT2D eigenvalue weighted by molar-refractivity contribution is -0.135. The Labute approximate surface area is 214 Å². The Kier molecular flexibility index (Phi) is 6.85. The van der Waals surface area contributed by atoms with Crippen molar-refractivity contribution in [1.29, 1.82) is 0 Å². The van der Waals surface area contributed by atoms with Crippen LogP contribution in [0.3, 0.4) is 0 Å². The van der Waals surface area contributed by atoms with Crippen LogP contribution >= 0.6 is 34.3 Å². The number of imide groups is 1. The molecule has 184 valence electrons. The molecule has 0 bridgehead atoms. The van der Waals surface area contributed by atoms with E-state index in [0.29, 0.717) is 29.7 Å². The molecule has 0 radical (unpaired) electrons. The van der Waals surface area contributed by atoms with Gasteiger partial charge in [0.1, 0.15) is 12.3 Å². The van der Waals surface area contributed by atoms with Gasteiger partial charge >= 0.3 is 17.9 Å². The minimum absolute atomic E-state index is 0.0257. The van der Waals surface area contributed by atoms with Crippen molar-refractivity contribution < 1.29 is 19.1 Å². The van der Waals surface area contributed by atoms with Gasteiger partial charge in [0.05, 0.1) is 9.85 Å². The molecule has 0 saturated carbocycles. The van der Waals surface area contributed by atoms with E-state index in [9.17, 15) is 14.4 Å². The standard InChI is InChI=1S/C22H23ClN6O4S2/c1-13-15(6-9-28(19(13)30)22(32)27-7-2-3-8-27)18-25-21(33-10-14-4-5-17(23)35-14)29(26-18)20(31)16-11-34-12-24-16/h4-5,11-13,15H,2-3,6-10H2,1H3. The number of urea groups is 1. The Morgan fingerprint density at radius 3 is 2.71 bits per heavy atom. The van der Waals surface area contributed by atoms with Crippen molar-refractivity contribution in [2.75, 3.05) is 19.6 Å². The number of piperidine rings is 1. The maximum Gasteiger partial charge on any atom is 0.326 e. The summed E-state index contributed by atoms with van der Waals surface area (Å²) in [6.45, 7) is 3.58. The van der Waals surface area contributed by atoms with Crippen molar-refractivity contribution in [3.05, 3.63) is 43.8 Å². The van der Waals surface area contributed by atoms with E-state index < -0.39 is 11.8 Å². The number of carbonyl (C=O) groups is 3. The lowest BCUT2D eigenvalue weighted by Crippen LogP contribution is -2.51. The van der Waals surface area contributed by atoms with Gasteiger partial charge in [0.2, 0.25) is 5.91 Å². The van der Waals surface area contributed by atoms with E-state index >= 15 is 0 Å². The molecule has 2 unspecified atom stereocenters. The number of likely N-dealkylation sites (tertiary alicyclic amines) is 2.